The Morgan fingerprint density at radius 3 is 1.72 bits per heavy atom. The van der Waals surface area contributed by atoms with Crippen molar-refractivity contribution in [3.05, 3.63) is 115 Å². The number of hydrogen-bond acceptors (Lipinski definition) is 13. The molecule has 2 N–H and O–H groups in total. The van der Waals surface area contributed by atoms with Gasteiger partial charge in [-0.05, 0) is 63.1 Å². The monoisotopic (exact) mass is 1060 g/mol. The maximum Gasteiger partial charge on any atom is 0.289 e. The number of benzene rings is 3. The predicted octanol–water partition coefficient (Wildman–Crippen LogP) is 7.99. The number of carbonyl (C=O) groups excluding carboxylic acids is 1. The highest BCUT2D eigenvalue weighted by atomic mass is 79.9. The molecule has 370 valence electrons. The fourth-order valence-electron chi connectivity index (χ4n) is 7.17. The molecule has 67 heavy (non-hydrogen) atoms. The van der Waals surface area contributed by atoms with Crippen LogP contribution in [0.15, 0.2) is 99.6 Å². The van der Waals surface area contributed by atoms with Crippen molar-refractivity contribution >= 4 is 69.0 Å². The van der Waals surface area contributed by atoms with Crippen LogP contribution < -0.4 is 10.0 Å². The van der Waals surface area contributed by atoms with Crippen LogP contribution in [0.3, 0.4) is 0 Å². The number of carbonyl (C=O) groups is 1. The lowest BCUT2D eigenvalue weighted by Crippen LogP contribution is -2.45. The third-order valence-electron chi connectivity index (χ3n) is 10.6. The van der Waals surface area contributed by atoms with Gasteiger partial charge in [0.15, 0.2) is 14.7 Å². The maximum absolute atomic E-state index is 14.7. The zero-order chi connectivity index (χ0) is 49.5. The fraction of sp³-hybridized carbons (Fsp3) is 0.512. The minimum Gasteiger partial charge on any atom is -0.356 e. The van der Waals surface area contributed by atoms with Crippen molar-refractivity contribution in [1.29, 1.82) is 0 Å². The molecule has 0 unspecified atom stereocenters. The summed E-state index contributed by atoms with van der Waals surface area (Å²) in [5.41, 5.74) is -1.97. The van der Waals surface area contributed by atoms with Crippen molar-refractivity contribution in [3.8, 4) is 0 Å². The van der Waals surface area contributed by atoms with Gasteiger partial charge in [0.2, 0.25) is 36.0 Å². The Hall–Kier alpha value is -4.72. The maximum atomic E-state index is 14.7. The molecule has 0 fully saturated rings. The first-order valence-electron chi connectivity index (χ1n) is 22.1. The number of allylic oxidation sites excluding steroid dienone is 1. The van der Waals surface area contributed by atoms with Crippen LogP contribution in [0.4, 0.5) is 17.1 Å². The van der Waals surface area contributed by atoms with Crippen molar-refractivity contribution in [3.63, 3.8) is 0 Å². The van der Waals surface area contributed by atoms with E-state index in [0.29, 0.717) is 31.0 Å². The number of unbranched alkanes of at least 4 members (excludes halogenated alkanes) is 8. The van der Waals surface area contributed by atoms with E-state index >= 15 is 0 Å². The van der Waals surface area contributed by atoms with Crippen molar-refractivity contribution < 1.29 is 44.8 Å². The highest BCUT2D eigenvalue weighted by Gasteiger charge is 2.37. The molecule has 3 rings (SSSR count). The molecular weight excluding hydrogens is 999 g/mol. The molecule has 0 radical (unpaired) electrons. The molecule has 20 nitrogen and oxygen atoms in total. The van der Waals surface area contributed by atoms with E-state index in [9.17, 15) is 60.4 Å². The van der Waals surface area contributed by atoms with Gasteiger partial charge in [0.25, 0.3) is 17.1 Å². The molecule has 3 aromatic carbocycles. The average molecular weight is 1060 g/mol. The Balaban J connectivity index is 1.96. The molecule has 0 aliphatic carbocycles. The van der Waals surface area contributed by atoms with Crippen molar-refractivity contribution in [2.24, 2.45) is 0 Å². The molecule has 0 bridgehead atoms. The molecule has 0 heterocycles. The third kappa shape index (κ3) is 17.7. The fourth-order valence-corrected chi connectivity index (χ4v) is 12.3. The van der Waals surface area contributed by atoms with E-state index in [1.807, 2.05) is 6.08 Å². The van der Waals surface area contributed by atoms with E-state index in [1.54, 1.807) is 6.08 Å². The molecule has 3 aromatic rings. The SMILES string of the molecule is CCCCCCCC/C=C\C[C@@H](CC(=O)NCCCNS(=O)(=O)c1ccccc1[N+](=O)[O-])N(CCCN(CCCCCBr)S(=O)(=O)c1ccccc1[N+](=O)[O-])S(=O)(=O)c1ccccc1[N+](=O)[O-]. The summed E-state index contributed by atoms with van der Waals surface area (Å²) in [6, 6.07) is 13.3. The highest BCUT2D eigenvalue weighted by molar-refractivity contribution is 9.09. The summed E-state index contributed by atoms with van der Waals surface area (Å²) >= 11 is 3.35. The lowest BCUT2D eigenvalue weighted by molar-refractivity contribution is -0.388. The summed E-state index contributed by atoms with van der Waals surface area (Å²) in [5.74, 6) is -0.647. The Kier molecular flexibility index (Phi) is 24.1. The van der Waals surface area contributed by atoms with Gasteiger partial charge in [0.1, 0.15) is 0 Å². The molecule has 0 spiro atoms. The normalized spacial score (nSPS) is 12.7. The van der Waals surface area contributed by atoms with Crippen LogP contribution in [0, 0.1) is 30.3 Å². The van der Waals surface area contributed by atoms with E-state index < -0.39 is 102 Å². The molecule has 0 aromatic heterocycles. The summed E-state index contributed by atoms with van der Waals surface area (Å²) in [6.45, 7) is 1.03. The van der Waals surface area contributed by atoms with Gasteiger partial charge in [-0.15, -0.1) is 0 Å². The number of alkyl halides is 1. The minimum atomic E-state index is -4.80. The number of nitro groups is 3. The molecular formula is C43H60BrN7O13S3. The van der Waals surface area contributed by atoms with Crippen LogP contribution in [0.2, 0.25) is 0 Å². The summed E-state index contributed by atoms with van der Waals surface area (Å²) in [7, 11) is -13.6. The van der Waals surface area contributed by atoms with Gasteiger partial charge in [-0.1, -0.05) is 110 Å². The van der Waals surface area contributed by atoms with Gasteiger partial charge in [-0.2, -0.15) is 8.61 Å². The van der Waals surface area contributed by atoms with Crippen LogP contribution >= 0.6 is 15.9 Å². The predicted molar refractivity (Wildman–Crippen MR) is 257 cm³/mol. The van der Waals surface area contributed by atoms with E-state index in [4.69, 9.17) is 0 Å². The van der Waals surface area contributed by atoms with Crippen LogP contribution in [-0.4, -0.2) is 98.6 Å². The standard InChI is InChI=1S/C43H60BrN7O13S3/c1-2-3-4-5-6-7-8-9-11-22-36(35-43(52)45-30-20-31-46-65(59,60)40-26-15-12-23-37(40)49(53)54)48(67(63,64)42-28-17-14-25-39(42)51(57)58)34-21-33-47(32-19-10-18-29-44)66(61,62)41-27-16-13-24-38(41)50(55)56/h9,11-17,23-28,36,46H,2-8,10,18-22,29-35H2,1H3,(H,45,52)/b11-9-/t36-/m0/s1. The number of rotatable bonds is 34. The largest absolute Gasteiger partial charge is 0.356 e. The smallest absolute Gasteiger partial charge is 0.289 e. The molecule has 1 amide bonds. The van der Waals surface area contributed by atoms with Crippen LogP contribution in [0.25, 0.3) is 0 Å². The number of hydrogen-bond donors (Lipinski definition) is 2. The number of nitrogens with one attached hydrogen (secondary N) is 2. The number of para-hydroxylation sites is 3. The third-order valence-corrected chi connectivity index (χ3v) is 16.6. The summed E-state index contributed by atoms with van der Waals surface area (Å²) < 4.78 is 87.7. The molecule has 0 aliphatic heterocycles. The van der Waals surface area contributed by atoms with Gasteiger partial charge in [-0.25, -0.2) is 30.0 Å². The van der Waals surface area contributed by atoms with Crippen molar-refractivity contribution in [2.45, 2.75) is 118 Å². The van der Waals surface area contributed by atoms with E-state index in [0.717, 1.165) is 83.5 Å². The quantitative estimate of drug-likeness (QED) is 0.0189. The van der Waals surface area contributed by atoms with Gasteiger partial charge < -0.3 is 5.32 Å². The van der Waals surface area contributed by atoms with Crippen molar-refractivity contribution in [1.82, 2.24) is 18.6 Å². The molecule has 0 saturated heterocycles. The molecule has 0 aliphatic rings. The molecule has 0 saturated carbocycles. The number of nitrogens with zero attached hydrogens (tertiary/aromatic N) is 5. The second-order valence-corrected chi connectivity index (χ2v) is 21.8. The minimum absolute atomic E-state index is 0.0243. The number of halogens is 1. The van der Waals surface area contributed by atoms with Gasteiger partial charge >= 0.3 is 0 Å². The first-order valence-corrected chi connectivity index (χ1v) is 27.6. The Bertz CT molecular complexity index is 2480. The lowest BCUT2D eigenvalue weighted by Gasteiger charge is -2.31. The van der Waals surface area contributed by atoms with Gasteiger partial charge in [0, 0.05) is 68.7 Å². The van der Waals surface area contributed by atoms with Crippen molar-refractivity contribution in [2.75, 3.05) is 38.1 Å². The first kappa shape index (κ1) is 56.6. The van der Waals surface area contributed by atoms with Crippen LogP contribution in [-0.2, 0) is 34.9 Å². The molecule has 1 atom stereocenters. The lowest BCUT2D eigenvalue weighted by atomic mass is 10.1. The second kappa shape index (κ2) is 28.6. The summed E-state index contributed by atoms with van der Waals surface area (Å²) in [5, 5.41) is 38.8. The number of nitro benzene ring substituents is 3. The second-order valence-electron chi connectivity index (χ2n) is 15.5. The average Bonchev–Trinajstić information content (AvgIpc) is 3.29. The number of sulfonamides is 3. The van der Waals surface area contributed by atoms with E-state index in [-0.39, 0.29) is 45.4 Å². The Morgan fingerprint density at radius 1 is 0.627 bits per heavy atom. The zero-order valence-electron chi connectivity index (χ0n) is 37.4. The summed E-state index contributed by atoms with van der Waals surface area (Å²) in [4.78, 5) is 45.0. The topological polar surface area (TPSA) is 279 Å². The zero-order valence-corrected chi connectivity index (χ0v) is 41.5. The first-order chi connectivity index (χ1) is 31.9. The Morgan fingerprint density at radius 2 is 1.13 bits per heavy atom. The van der Waals surface area contributed by atoms with Crippen LogP contribution in [0.5, 0.6) is 0 Å². The number of amides is 1. The van der Waals surface area contributed by atoms with Gasteiger partial charge in [-0.3, -0.25) is 35.1 Å². The Labute approximate surface area is 401 Å². The molecule has 24 heteroatoms. The van der Waals surface area contributed by atoms with Crippen LogP contribution in [0.1, 0.15) is 96.8 Å². The van der Waals surface area contributed by atoms with Gasteiger partial charge in [0.05, 0.1) is 14.8 Å². The van der Waals surface area contributed by atoms with E-state index in [1.165, 1.54) is 36.4 Å². The highest BCUT2D eigenvalue weighted by Crippen LogP contribution is 2.31. The summed E-state index contributed by atoms with van der Waals surface area (Å²) in [6.07, 6.45) is 11.6. The van der Waals surface area contributed by atoms with E-state index in [2.05, 4.69) is 32.9 Å².